The third kappa shape index (κ3) is 2.84. The SMILES string of the molecule is Cl.OCC(O)c1ccccn1. The summed E-state index contributed by atoms with van der Waals surface area (Å²) in [5, 5.41) is 17.5. The fraction of sp³-hybridized carbons (Fsp3) is 0.286. The molecule has 1 aromatic heterocycles. The zero-order valence-electron chi connectivity index (χ0n) is 5.84. The molecule has 1 atom stereocenters. The molecule has 0 saturated carbocycles. The van der Waals surface area contributed by atoms with Crippen LogP contribution in [0.2, 0.25) is 0 Å². The predicted molar refractivity (Wildman–Crippen MR) is 43.5 cm³/mol. The molecule has 0 spiro atoms. The summed E-state index contributed by atoms with van der Waals surface area (Å²) in [6, 6.07) is 5.19. The molecule has 62 valence electrons. The molecule has 0 bridgehead atoms. The van der Waals surface area contributed by atoms with Crippen LogP contribution >= 0.6 is 12.4 Å². The van der Waals surface area contributed by atoms with Crippen LogP contribution in [0.1, 0.15) is 11.8 Å². The lowest BCUT2D eigenvalue weighted by atomic mass is 10.2. The number of nitrogens with zero attached hydrogens (tertiary/aromatic N) is 1. The minimum Gasteiger partial charge on any atom is -0.393 e. The maximum Gasteiger partial charge on any atom is 0.119 e. The van der Waals surface area contributed by atoms with Crippen LogP contribution in [0.3, 0.4) is 0 Å². The standard InChI is InChI=1S/C7H9NO2.ClH/c9-5-7(10)6-3-1-2-4-8-6;/h1-4,7,9-10H,5H2;1H. The molecule has 2 N–H and O–H groups in total. The number of aliphatic hydroxyl groups is 2. The summed E-state index contributed by atoms with van der Waals surface area (Å²) >= 11 is 0. The van der Waals surface area contributed by atoms with Gasteiger partial charge in [0.1, 0.15) is 6.10 Å². The molecule has 0 aliphatic heterocycles. The van der Waals surface area contributed by atoms with Crippen molar-refractivity contribution in [2.45, 2.75) is 6.10 Å². The molecule has 0 aliphatic carbocycles. The van der Waals surface area contributed by atoms with Crippen LogP contribution in [0.15, 0.2) is 24.4 Å². The van der Waals surface area contributed by atoms with Gasteiger partial charge in [0, 0.05) is 6.20 Å². The second-order valence-electron chi connectivity index (χ2n) is 1.95. The Balaban J connectivity index is 0.000001000. The van der Waals surface area contributed by atoms with Gasteiger partial charge in [-0.1, -0.05) is 6.07 Å². The maximum absolute atomic E-state index is 9.02. The van der Waals surface area contributed by atoms with Crippen molar-refractivity contribution >= 4 is 12.4 Å². The fourth-order valence-electron chi connectivity index (χ4n) is 0.667. The molecule has 0 aromatic carbocycles. The molecular weight excluding hydrogens is 166 g/mol. The molecule has 1 unspecified atom stereocenters. The Morgan fingerprint density at radius 1 is 1.45 bits per heavy atom. The van der Waals surface area contributed by atoms with Gasteiger partial charge in [0.2, 0.25) is 0 Å². The minimum absolute atomic E-state index is 0. The molecular formula is C7H10ClNO2. The minimum atomic E-state index is -0.846. The summed E-state index contributed by atoms with van der Waals surface area (Å²) in [4.78, 5) is 3.84. The van der Waals surface area contributed by atoms with E-state index in [2.05, 4.69) is 4.98 Å². The number of aliphatic hydroxyl groups excluding tert-OH is 2. The highest BCUT2D eigenvalue weighted by molar-refractivity contribution is 5.85. The molecule has 0 saturated heterocycles. The van der Waals surface area contributed by atoms with Crippen molar-refractivity contribution in [1.82, 2.24) is 4.98 Å². The Hall–Kier alpha value is -0.640. The van der Waals surface area contributed by atoms with Crippen molar-refractivity contribution in [2.75, 3.05) is 6.61 Å². The smallest absolute Gasteiger partial charge is 0.119 e. The molecule has 11 heavy (non-hydrogen) atoms. The van der Waals surface area contributed by atoms with Gasteiger partial charge in [-0.15, -0.1) is 12.4 Å². The van der Waals surface area contributed by atoms with Crippen molar-refractivity contribution in [2.24, 2.45) is 0 Å². The summed E-state index contributed by atoms with van der Waals surface area (Å²) in [6.07, 6.45) is 0.731. The summed E-state index contributed by atoms with van der Waals surface area (Å²) in [5.74, 6) is 0. The number of halogens is 1. The first-order chi connectivity index (χ1) is 4.84. The van der Waals surface area contributed by atoms with E-state index >= 15 is 0 Å². The van der Waals surface area contributed by atoms with Crippen LogP contribution in [0.4, 0.5) is 0 Å². The van der Waals surface area contributed by atoms with Crippen LogP contribution in [0.5, 0.6) is 0 Å². The maximum atomic E-state index is 9.02. The van der Waals surface area contributed by atoms with Crippen LogP contribution in [-0.2, 0) is 0 Å². The van der Waals surface area contributed by atoms with Crippen molar-refractivity contribution in [3.63, 3.8) is 0 Å². The predicted octanol–water partition coefficient (Wildman–Crippen LogP) is 0.529. The Bertz CT molecular complexity index is 193. The van der Waals surface area contributed by atoms with Gasteiger partial charge in [0.25, 0.3) is 0 Å². The first-order valence-corrected chi connectivity index (χ1v) is 3.04. The number of hydrogen-bond acceptors (Lipinski definition) is 3. The van der Waals surface area contributed by atoms with Gasteiger partial charge in [-0.3, -0.25) is 4.98 Å². The normalized spacial score (nSPS) is 11.8. The van der Waals surface area contributed by atoms with Crippen molar-refractivity contribution < 1.29 is 10.2 Å². The average Bonchev–Trinajstić information content (AvgIpc) is 2.05. The third-order valence-electron chi connectivity index (χ3n) is 1.20. The largest absolute Gasteiger partial charge is 0.393 e. The molecule has 0 amide bonds. The second-order valence-corrected chi connectivity index (χ2v) is 1.95. The van der Waals surface area contributed by atoms with Crippen molar-refractivity contribution in [1.29, 1.82) is 0 Å². The van der Waals surface area contributed by atoms with Gasteiger partial charge in [0.15, 0.2) is 0 Å². The van der Waals surface area contributed by atoms with Gasteiger partial charge >= 0.3 is 0 Å². The summed E-state index contributed by atoms with van der Waals surface area (Å²) in [6.45, 7) is -0.281. The average molecular weight is 176 g/mol. The molecule has 0 fully saturated rings. The van der Waals surface area contributed by atoms with E-state index in [1.165, 1.54) is 0 Å². The van der Waals surface area contributed by atoms with Gasteiger partial charge in [-0.05, 0) is 12.1 Å². The van der Waals surface area contributed by atoms with Crippen LogP contribution < -0.4 is 0 Å². The lowest BCUT2D eigenvalue weighted by molar-refractivity contribution is 0.0923. The van der Waals surface area contributed by atoms with Crippen LogP contribution in [-0.4, -0.2) is 21.8 Å². The van der Waals surface area contributed by atoms with Gasteiger partial charge < -0.3 is 10.2 Å². The van der Waals surface area contributed by atoms with Crippen LogP contribution in [0, 0.1) is 0 Å². The monoisotopic (exact) mass is 175 g/mol. The number of pyridine rings is 1. The Morgan fingerprint density at radius 2 is 2.18 bits per heavy atom. The molecule has 0 radical (unpaired) electrons. The van der Waals surface area contributed by atoms with Gasteiger partial charge in [-0.25, -0.2) is 0 Å². The highest BCUT2D eigenvalue weighted by Gasteiger charge is 2.04. The van der Waals surface area contributed by atoms with Crippen molar-refractivity contribution in [3.05, 3.63) is 30.1 Å². The number of aromatic nitrogens is 1. The molecule has 1 rings (SSSR count). The first kappa shape index (κ1) is 10.4. The Labute approximate surface area is 71.1 Å². The number of rotatable bonds is 2. The fourth-order valence-corrected chi connectivity index (χ4v) is 0.667. The Kier molecular flexibility index (Phi) is 4.77. The molecule has 0 aliphatic rings. The van der Waals surface area contributed by atoms with E-state index in [1.807, 2.05) is 0 Å². The quantitative estimate of drug-likeness (QED) is 0.690. The summed E-state index contributed by atoms with van der Waals surface area (Å²) < 4.78 is 0. The lowest BCUT2D eigenvalue weighted by Gasteiger charge is -2.03. The van der Waals surface area contributed by atoms with E-state index in [-0.39, 0.29) is 19.0 Å². The second kappa shape index (κ2) is 5.07. The van der Waals surface area contributed by atoms with E-state index in [0.29, 0.717) is 5.69 Å². The zero-order chi connectivity index (χ0) is 7.40. The zero-order valence-corrected chi connectivity index (χ0v) is 6.66. The van der Waals surface area contributed by atoms with Gasteiger partial charge in [0.05, 0.1) is 12.3 Å². The highest BCUT2D eigenvalue weighted by Crippen LogP contribution is 2.05. The van der Waals surface area contributed by atoms with Gasteiger partial charge in [-0.2, -0.15) is 0 Å². The van der Waals surface area contributed by atoms with Crippen LogP contribution in [0.25, 0.3) is 0 Å². The third-order valence-corrected chi connectivity index (χ3v) is 1.20. The topological polar surface area (TPSA) is 53.4 Å². The first-order valence-electron chi connectivity index (χ1n) is 3.04. The molecule has 1 heterocycles. The van der Waals surface area contributed by atoms with E-state index < -0.39 is 6.10 Å². The number of hydrogen-bond donors (Lipinski definition) is 2. The van der Waals surface area contributed by atoms with E-state index in [4.69, 9.17) is 10.2 Å². The summed E-state index contributed by atoms with van der Waals surface area (Å²) in [5.41, 5.74) is 0.505. The summed E-state index contributed by atoms with van der Waals surface area (Å²) in [7, 11) is 0. The lowest BCUT2D eigenvalue weighted by Crippen LogP contribution is -2.03. The van der Waals surface area contributed by atoms with Crippen molar-refractivity contribution in [3.8, 4) is 0 Å². The van der Waals surface area contributed by atoms with E-state index in [0.717, 1.165) is 0 Å². The highest BCUT2D eigenvalue weighted by atomic mass is 35.5. The molecule has 1 aromatic rings. The van der Waals surface area contributed by atoms with E-state index in [1.54, 1.807) is 24.4 Å². The molecule has 4 heteroatoms. The molecule has 3 nitrogen and oxygen atoms in total. The van der Waals surface area contributed by atoms with E-state index in [9.17, 15) is 0 Å². The Morgan fingerprint density at radius 3 is 2.64 bits per heavy atom.